The fraction of sp³-hybridized carbons (Fsp3) is 0.846. The van der Waals surface area contributed by atoms with Gasteiger partial charge in [0.1, 0.15) is 0 Å². The highest BCUT2D eigenvalue weighted by molar-refractivity contribution is 7.98. The molecule has 0 spiro atoms. The predicted molar refractivity (Wildman–Crippen MR) is 75.0 cm³/mol. The minimum atomic E-state index is -1.20. The van der Waals surface area contributed by atoms with Crippen molar-refractivity contribution >= 4 is 23.8 Å². The van der Waals surface area contributed by atoms with Gasteiger partial charge in [0.05, 0.1) is 12.0 Å². The summed E-state index contributed by atoms with van der Waals surface area (Å²) >= 11 is 1.56. The van der Waals surface area contributed by atoms with E-state index in [1.165, 1.54) is 0 Å². The van der Waals surface area contributed by atoms with E-state index >= 15 is 0 Å². The molecule has 2 atom stereocenters. The summed E-state index contributed by atoms with van der Waals surface area (Å²) in [7, 11) is 0. The van der Waals surface area contributed by atoms with Gasteiger partial charge in [-0.15, -0.1) is 0 Å². The van der Waals surface area contributed by atoms with Gasteiger partial charge in [-0.2, -0.15) is 11.8 Å². The molecule has 0 saturated carbocycles. The van der Waals surface area contributed by atoms with Crippen molar-refractivity contribution in [3.63, 3.8) is 0 Å². The molecule has 1 saturated heterocycles. The lowest BCUT2D eigenvalue weighted by molar-refractivity contribution is -0.308. The summed E-state index contributed by atoms with van der Waals surface area (Å²) in [6.07, 6.45) is 6.36. The van der Waals surface area contributed by atoms with Gasteiger partial charge >= 0.3 is 6.03 Å². The molecule has 0 bridgehead atoms. The number of nitrogens with zero attached hydrogens (tertiary/aromatic N) is 1. The zero-order valence-corrected chi connectivity index (χ0v) is 12.5. The van der Waals surface area contributed by atoms with Crippen molar-refractivity contribution in [1.29, 1.82) is 0 Å². The fourth-order valence-corrected chi connectivity index (χ4v) is 2.88. The number of carboxylic acids is 1. The van der Waals surface area contributed by atoms with Gasteiger partial charge in [-0.3, -0.25) is 0 Å². The third-order valence-electron chi connectivity index (χ3n) is 3.55. The van der Waals surface area contributed by atoms with Gasteiger partial charge in [0.2, 0.25) is 0 Å². The average Bonchev–Trinajstić information content (AvgIpc) is 2.42. The van der Waals surface area contributed by atoms with Crippen molar-refractivity contribution in [2.75, 3.05) is 18.6 Å². The number of carbonyl (C=O) groups excluding carboxylic acids is 2. The van der Waals surface area contributed by atoms with Crippen molar-refractivity contribution in [2.45, 2.75) is 51.1 Å². The SMILES string of the molecule is CC[C@H]1CCCCN1C(=O)N[C@@H](CCSC)C(=O)[O-]. The smallest absolute Gasteiger partial charge is 0.318 e. The van der Waals surface area contributed by atoms with Crippen LogP contribution >= 0.6 is 11.8 Å². The molecule has 1 heterocycles. The van der Waals surface area contributed by atoms with Gasteiger partial charge in [0, 0.05) is 12.6 Å². The number of carbonyl (C=O) groups is 2. The maximum Gasteiger partial charge on any atom is 0.318 e. The Balaban J connectivity index is 2.56. The molecular weight excluding hydrogens is 264 g/mol. The summed E-state index contributed by atoms with van der Waals surface area (Å²) in [5.41, 5.74) is 0. The van der Waals surface area contributed by atoms with Crippen molar-refractivity contribution in [3.8, 4) is 0 Å². The van der Waals surface area contributed by atoms with Crippen molar-refractivity contribution < 1.29 is 14.7 Å². The summed E-state index contributed by atoms with van der Waals surface area (Å²) in [4.78, 5) is 25.0. The quantitative estimate of drug-likeness (QED) is 0.785. The Morgan fingerprint density at radius 1 is 1.47 bits per heavy atom. The molecule has 19 heavy (non-hydrogen) atoms. The second-order valence-electron chi connectivity index (χ2n) is 4.85. The lowest BCUT2D eigenvalue weighted by atomic mass is 10.0. The number of hydrogen-bond acceptors (Lipinski definition) is 4. The van der Waals surface area contributed by atoms with E-state index in [0.29, 0.717) is 18.7 Å². The highest BCUT2D eigenvalue weighted by atomic mass is 32.2. The Labute approximate surface area is 119 Å². The van der Waals surface area contributed by atoms with E-state index in [9.17, 15) is 14.7 Å². The Morgan fingerprint density at radius 2 is 2.21 bits per heavy atom. The van der Waals surface area contributed by atoms with Crippen LogP contribution in [0.1, 0.15) is 39.0 Å². The molecule has 0 unspecified atom stereocenters. The van der Waals surface area contributed by atoms with Crippen LogP contribution in [0.4, 0.5) is 4.79 Å². The first kappa shape index (κ1) is 16.1. The fourth-order valence-electron chi connectivity index (χ4n) is 2.41. The van der Waals surface area contributed by atoms with Crippen LogP contribution in [0, 0.1) is 0 Å². The van der Waals surface area contributed by atoms with E-state index in [1.807, 2.05) is 6.26 Å². The van der Waals surface area contributed by atoms with Crippen LogP contribution < -0.4 is 10.4 Å². The average molecular weight is 287 g/mol. The van der Waals surface area contributed by atoms with E-state index in [1.54, 1.807) is 16.7 Å². The highest BCUT2D eigenvalue weighted by Gasteiger charge is 2.26. The number of carboxylic acid groups (broad SMARTS) is 1. The molecule has 0 radical (unpaired) electrons. The van der Waals surface area contributed by atoms with Crippen LogP contribution in [0.15, 0.2) is 0 Å². The van der Waals surface area contributed by atoms with Crippen molar-refractivity contribution in [1.82, 2.24) is 10.2 Å². The molecular formula is C13H23N2O3S-. The first-order valence-electron chi connectivity index (χ1n) is 6.87. The molecule has 6 heteroatoms. The van der Waals surface area contributed by atoms with E-state index < -0.39 is 12.0 Å². The van der Waals surface area contributed by atoms with E-state index in [0.717, 1.165) is 25.7 Å². The van der Waals surface area contributed by atoms with Crippen molar-refractivity contribution in [3.05, 3.63) is 0 Å². The summed E-state index contributed by atoms with van der Waals surface area (Å²) in [6.45, 7) is 2.77. The monoisotopic (exact) mass is 287 g/mol. The maximum absolute atomic E-state index is 12.2. The number of hydrogen-bond donors (Lipinski definition) is 1. The summed E-state index contributed by atoms with van der Waals surface area (Å²) in [6, 6.07) is -0.919. The topological polar surface area (TPSA) is 72.5 Å². The lowest BCUT2D eigenvalue weighted by Crippen LogP contribution is -2.55. The number of amides is 2. The molecule has 0 aromatic carbocycles. The molecule has 1 rings (SSSR count). The molecule has 0 aromatic rings. The Kier molecular flexibility index (Phi) is 7.05. The number of nitrogens with one attached hydrogen (secondary N) is 1. The summed E-state index contributed by atoms with van der Waals surface area (Å²) < 4.78 is 0. The van der Waals surface area contributed by atoms with Gasteiger partial charge in [0.15, 0.2) is 0 Å². The maximum atomic E-state index is 12.2. The van der Waals surface area contributed by atoms with Crippen LogP contribution in [-0.4, -0.2) is 47.5 Å². The third kappa shape index (κ3) is 4.93. The van der Waals surface area contributed by atoms with Crippen LogP contribution in [-0.2, 0) is 4.79 Å². The Hall–Kier alpha value is -0.910. The van der Waals surface area contributed by atoms with Crippen LogP contribution in [0.3, 0.4) is 0 Å². The first-order valence-corrected chi connectivity index (χ1v) is 8.26. The van der Waals surface area contributed by atoms with Gasteiger partial charge in [-0.05, 0) is 44.1 Å². The second-order valence-corrected chi connectivity index (χ2v) is 5.84. The van der Waals surface area contributed by atoms with Crippen LogP contribution in [0.25, 0.3) is 0 Å². The molecule has 1 aliphatic rings. The number of rotatable bonds is 6. The number of piperidine rings is 1. The second kappa shape index (κ2) is 8.30. The van der Waals surface area contributed by atoms with Crippen LogP contribution in [0.2, 0.25) is 0 Å². The molecule has 110 valence electrons. The normalized spacial score (nSPS) is 20.9. The molecule has 1 N–H and O–H groups in total. The van der Waals surface area contributed by atoms with Gasteiger partial charge in [-0.25, -0.2) is 4.79 Å². The Morgan fingerprint density at radius 3 is 2.79 bits per heavy atom. The first-order chi connectivity index (χ1) is 9.10. The van der Waals surface area contributed by atoms with E-state index in [-0.39, 0.29) is 12.1 Å². The predicted octanol–water partition coefficient (Wildman–Crippen LogP) is 0.832. The van der Waals surface area contributed by atoms with E-state index in [2.05, 4.69) is 12.2 Å². The zero-order chi connectivity index (χ0) is 14.3. The molecule has 1 fully saturated rings. The largest absolute Gasteiger partial charge is 0.548 e. The molecule has 0 aliphatic carbocycles. The van der Waals surface area contributed by atoms with Gasteiger partial charge in [-0.1, -0.05) is 6.92 Å². The number of thioether (sulfide) groups is 1. The van der Waals surface area contributed by atoms with Crippen molar-refractivity contribution in [2.24, 2.45) is 0 Å². The summed E-state index contributed by atoms with van der Waals surface area (Å²) in [5, 5.41) is 13.6. The van der Waals surface area contributed by atoms with Crippen LogP contribution in [0.5, 0.6) is 0 Å². The lowest BCUT2D eigenvalue weighted by Gasteiger charge is -2.36. The molecule has 2 amide bonds. The minimum Gasteiger partial charge on any atom is -0.548 e. The molecule has 5 nitrogen and oxygen atoms in total. The number of urea groups is 1. The molecule has 0 aromatic heterocycles. The standard InChI is InChI=1S/C13H24N2O3S/c1-3-10-6-4-5-8-15(10)13(18)14-11(12(16)17)7-9-19-2/h10-11H,3-9H2,1-2H3,(H,14,18)(H,16,17)/p-1/t10-,11-/m0/s1. The highest BCUT2D eigenvalue weighted by Crippen LogP contribution is 2.19. The van der Waals surface area contributed by atoms with Gasteiger partial charge < -0.3 is 20.1 Å². The van der Waals surface area contributed by atoms with E-state index in [4.69, 9.17) is 0 Å². The molecule has 1 aliphatic heterocycles. The Bertz CT molecular complexity index is 312. The van der Waals surface area contributed by atoms with Gasteiger partial charge in [0.25, 0.3) is 0 Å². The minimum absolute atomic E-state index is 0.233. The number of likely N-dealkylation sites (tertiary alicyclic amines) is 1. The number of aliphatic carboxylic acids is 1. The summed E-state index contributed by atoms with van der Waals surface area (Å²) in [5.74, 6) is -0.511. The zero-order valence-electron chi connectivity index (χ0n) is 11.7. The third-order valence-corrected chi connectivity index (χ3v) is 4.20.